The number of hydrogen-bond acceptors (Lipinski definition) is 1. The highest BCUT2D eigenvalue weighted by molar-refractivity contribution is 5.59. The molecule has 1 aliphatic rings. The van der Waals surface area contributed by atoms with Crippen LogP contribution in [0, 0.1) is 5.41 Å². The van der Waals surface area contributed by atoms with E-state index in [1.165, 1.54) is 32.0 Å². The van der Waals surface area contributed by atoms with Crippen LogP contribution in [0.4, 0.5) is 0 Å². The van der Waals surface area contributed by atoms with Crippen molar-refractivity contribution in [2.24, 2.45) is 5.41 Å². The molecule has 0 saturated heterocycles. The molecular formula is C11H18O. The van der Waals surface area contributed by atoms with E-state index in [1.54, 1.807) is 0 Å². The summed E-state index contributed by atoms with van der Waals surface area (Å²) in [6.07, 6.45) is 11.1. The summed E-state index contributed by atoms with van der Waals surface area (Å²) < 4.78 is 0. The van der Waals surface area contributed by atoms with Crippen LogP contribution >= 0.6 is 0 Å². The Balaban J connectivity index is 2.60. The summed E-state index contributed by atoms with van der Waals surface area (Å²) in [7, 11) is 0. The van der Waals surface area contributed by atoms with E-state index in [2.05, 4.69) is 6.58 Å². The molecule has 0 bridgehead atoms. The molecule has 0 aromatic carbocycles. The molecule has 0 heterocycles. The van der Waals surface area contributed by atoms with E-state index in [-0.39, 0.29) is 5.41 Å². The van der Waals surface area contributed by atoms with Crippen LogP contribution in [0.15, 0.2) is 12.7 Å². The Labute approximate surface area is 74.9 Å². The predicted octanol–water partition coefficient (Wildman–Crippen LogP) is 3.10. The fraction of sp³-hybridized carbons (Fsp3) is 0.727. The van der Waals surface area contributed by atoms with Crippen molar-refractivity contribution in [2.45, 2.75) is 44.9 Å². The molecule has 0 amide bonds. The lowest BCUT2D eigenvalue weighted by Gasteiger charge is -2.24. The molecule has 0 unspecified atom stereocenters. The molecule has 12 heavy (non-hydrogen) atoms. The smallest absolute Gasteiger partial charge is 0.126 e. The van der Waals surface area contributed by atoms with Crippen LogP contribution in [-0.2, 0) is 4.79 Å². The molecule has 1 saturated carbocycles. The highest BCUT2D eigenvalue weighted by Gasteiger charge is 2.28. The molecule has 0 spiro atoms. The summed E-state index contributed by atoms with van der Waals surface area (Å²) >= 11 is 0. The zero-order valence-electron chi connectivity index (χ0n) is 7.72. The molecule has 1 aliphatic carbocycles. The van der Waals surface area contributed by atoms with Crippen molar-refractivity contribution in [1.82, 2.24) is 0 Å². The van der Waals surface area contributed by atoms with Crippen LogP contribution in [0.3, 0.4) is 0 Å². The van der Waals surface area contributed by atoms with Gasteiger partial charge in [-0.25, -0.2) is 0 Å². The Morgan fingerprint density at radius 1 is 1.17 bits per heavy atom. The fourth-order valence-electron chi connectivity index (χ4n) is 2.09. The molecule has 0 aromatic rings. The van der Waals surface area contributed by atoms with E-state index in [0.717, 1.165) is 19.3 Å². The van der Waals surface area contributed by atoms with Crippen LogP contribution in [0.5, 0.6) is 0 Å². The highest BCUT2D eigenvalue weighted by atomic mass is 16.1. The van der Waals surface area contributed by atoms with Gasteiger partial charge in [-0.3, -0.25) is 0 Å². The van der Waals surface area contributed by atoms with E-state index in [1.807, 2.05) is 6.08 Å². The summed E-state index contributed by atoms with van der Waals surface area (Å²) in [5, 5.41) is 0. The fourth-order valence-corrected chi connectivity index (χ4v) is 2.09. The molecule has 68 valence electrons. The van der Waals surface area contributed by atoms with E-state index in [4.69, 9.17) is 0 Å². The number of carbonyl (C=O) groups is 1. The van der Waals surface area contributed by atoms with Crippen molar-refractivity contribution >= 4 is 6.29 Å². The molecule has 0 radical (unpaired) electrons. The average Bonchev–Trinajstić information content (AvgIpc) is 2.32. The molecule has 1 fully saturated rings. The van der Waals surface area contributed by atoms with Gasteiger partial charge in [-0.1, -0.05) is 31.8 Å². The summed E-state index contributed by atoms with van der Waals surface area (Å²) in [5.74, 6) is 0. The number of aldehydes is 1. The zero-order valence-corrected chi connectivity index (χ0v) is 7.72. The maximum atomic E-state index is 11.0. The van der Waals surface area contributed by atoms with Gasteiger partial charge in [-0.05, 0) is 19.3 Å². The van der Waals surface area contributed by atoms with Crippen molar-refractivity contribution in [2.75, 3.05) is 0 Å². The van der Waals surface area contributed by atoms with Gasteiger partial charge in [0.1, 0.15) is 6.29 Å². The number of rotatable bonds is 3. The Kier molecular flexibility index (Phi) is 3.51. The predicted molar refractivity (Wildman–Crippen MR) is 51.0 cm³/mol. The van der Waals surface area contributed by atoms with Crippen molar-refractivity contribution in [3.05, 3.63) is 12.7 Å². The summed E-state index contributed by atoms with van der Waals surface area (Å²) in [6, 6.07) is 0. The van der Waals surface area contributed by atoms with E-state index < -0.39 is 0 Å². The van der Waals surface area contributed by atoms with Crippen molar-refractivity contribution in [3.8, 4) is 0 Å². The van der Waals surface area contributed by atoms with Gasteiger partial charge in [0.15, 0.2) is 0 Å². The third kappa shape index (κ3) is 2.20. The zero-order chi connectivity index (χ0) is 8.86. The topological polar surface area (TPSA) is 17.1 Å². The van der Waals surface area contributed by atoms with Gasteiger partial charge in [0.25, 0.3) is 0 Å². The Hall–Kier alpha value is -0.590. The molecule has 1 heteroatoms. The monoisotopic (exact) mass is 166 g/mol. The minimum absolute atomic E-state index is 0.0434. The average molecular weight is 166 g/mol. The van der Waals surface area contributed by atoms with Crippen molar-refractivity contribution in [1.29, 1.82) is 0 Å². The summed E-state index contributed by atoms with van der Waals surface area (Å²) in [5.41, 5.74) is -0.0434. The molecule has 0 aromatic heterocycles. The van der Waals surface area contributed by atoms with Crippen molar-refractivity contribution < 1.29 is 4.79 Å². The van der Waals surface area contributed by atoms with E-state index in [0.29, 0.717) is 0 Å². The van der Waals surface area contributed by atoms with Gasteiger partial charge >= 0.3 is 0 Å². The largest absolute Gasteiger partial charge is 0.303 e. The molecule has 0 atom stereocenters. The Morgan fingerprint density at radius 3 is 2.17 bits per heavy atom. The maximum Gasteiger partial charge on any atom is 0.126 e. The second-order valence-corrected chi connectivity index (χ2v) is 3.89. The highest BCUT2D eigenvalue weighted by Crippen LogP contribution is 2.36. The molecule has 1 rings (SSSR count). The van der Waals surface area contributed by atoms with Gasteiger partial charge < -0.3 is 4.79 Å². The lowest BCUT2D eigenvalue weighted by molar-refractivity contribution is -0.116. The van der Waals surface area contributed by atoms with Gasteiger partial charge in [0.05, 0.1) is 0 Å². The third-order valence-electron chi connectivity index (χ3n) is 2.90. The second kappa shape index (κ2) is 4.44. The van der Waals surface area contributed by atoms with E-state index >= 15 is 0 Å². The molecular weight excluding hydrogens is 148 g/mol. The first-order valence-corrected chi connectivity index (χ1v) is 4.90. The second-order valence-electron chi connectivity index (χ2n) is 3.89. The normalized spacial score (nSPS) is 22.7. The van der Waals surface area contributed by atoms with Gasteiger partial charge in [-0.2, -0.15) is 0 Å². The first-order chi connectivity index (χ1) is 5.83. The number of allylic oxidation sites excluding steroid dienone is 1. The van der Waals surface area contributed by atoms with Crippen LogP contribution in [-0.4, -0.2) is 6.29 Å². The minimum Gasteiger partial charge on any atom is -0.303 e. The summed E-state index contributed by atoms with van der Waals surface area (Å²) in [6.45, 7) is 3.72. The molecule has 0 aliphatic heterocycles. The van der Waals surface area contributed by atoms with Crippen LogP contribution in [0.1, 0.15) is 44.9 Å². The Morgan fingerprint density at radius 2 is 1.75 bits per heavy atom. The van der Waals surface area contributed by atoms with Crippen LogP contribution < -0.4 is 0 Å². The number of hydrogen-bond donors (Lipinski definition) is 0. The number of carbonyl (C=O) groups excluding carboxylic acids is 1. The van der Waals surface area contributed by atoms with Crippen molar-refractivity contribution in [3.63, 3.8) is 0 Å². The lowest BCUT2D eigenvalue weighted by atomic mass is 9.79. The Bertz CT molecular complexity index is 152. The molecule has 1 nitrogen and oxygen atoms in total. The third-order valence-corrected chi connectivity index (χ3v) is 2.90. The van der Waals surface area contributed by atoms with E-state index in [9.17, 15) is 4.79 Å². The van der Waals surface area contributed by atoms with Gasteiger partial charge in [0, 0.05) is 5.41 Å². The molecule has 0 N–H and O–H groups in total. The van der Waals surface area contributed by atoms with Gasteiger partial charge in [-0.15, -0.1) is 6.58 Å². The summed E-state index contributed by atoms with van der Waals surface area (Å²) in [4.78, 5) is 11.0. The lowest BCUT2D eigenvalue weighted by Crippen LogP contribution is -2.20. The first-order valence-electron chi connectivity index (χ1n) is 4.90. The van der Waals surface area contributed by atoms with Gasteiger partial charge in [0.2, 0.25) is 0 Å². The van der Waals surface area contributed by atoms with Crippen LogP contribution in [0.2, 0.25) is 0 Å². The quantitative estimate of drug-likeness (QED) is 0.357. The van der Waals surface area contributed by atoms with Crippen LogP contribution in [0.25, 0.3) is 0 Å². The minimum atomic E-state index is -0.0434. The maximum absolute atomic E-state index is 11.0. The first kappa shape index (κ1) is 9.50. The standard InChI is InChI=1S/C11H18O/c1-2-7-11(10-12)8-5-3-4-6-9-11/h2,10H,1,3-9H2. The SMILES string of the molecule is C=CCC1(C=O)CCCCCC1.